The second-order valence-corrected chi connectivity index (χ2v) is 9.29. The van der Waals surface area contributed by atoms with Crippen molar-refractivity contribution in [2.75, 3.05) is 24.4 Å². The molecule has 36 heavy (non-hydrogen) atoms. The van der Waals surface area contributed by atoms with E-state index in [0.717, 1.165) is 22.2 Å². The maximum Gasteiger partial charge on any atom is 0.338 e. The minimum atomic E-state index is -0.423. The van der Waals surface area contributed by atoms with E-state index in [9.17, 15) is 9.59 Å². The van der Waals surface area contributed by atoms with Gasteiger partial charge in [-0.25, -0.2) is 14.3 Å². The van der Waals surface area contributed by atoms with Crippen LogP contribution < -0.4 is 15.4 Å². The van der Waals surface area contributed by atoms with E-state index in [1.165, 1.54) is 0 Å². The molecule has 0 spiro atoms. The highest BCUT2D eigenvalue weighted by atomic mass is 16.5. The molecule has 0 bridgehead atoms. The van der Waals surface area contributed by atoms with Gasteiger partial charge < -0.3 is 14.8 Å². The van der Waals surface area contributed by atoms with Crippen LogP contribution in [0.1, 0.15) is 43.7 Å². The minimum absolute atomic E-state index is 0.261. The average Bonchev–Trinajstić information content (AvgIpc) is 3.29. The van der Waals surface area contributed by atoms with Crippen molar-refractivity contribution in [2.45, 2.75) is 33.1 Å². The molecule has 2 N–H and O–H groups in total. The third-order valence-electron chi connectivity index (χ3n) is 5.67. The maximum atomic E-state index is 13.1. The molecule has 0 saturated carbocycles. The molecule has 0 radical (unpaired) electrons. The van der Waals surface area contributed by atoms with Gasteiger partial charge in [0.05, 0.1) is 36.3 Å². The molecular formula is C28H30N4O4. The number of amides is 2. The monoisotopic (exact) mass is 486 g/mol. The van der Waals surface area contributed by atoms with Gasteiger partial charge in [-0.15, -0.1) is 0 Å². The fourth-order valence-corrected chi connectivity index (χ4v) is 3.84. The van der Waals surface area contributed by atoms with E-state index < -0.39 is 12.0 Å². The molecule has 8 nitrogen and oxygen atoms in total. The standard InChI is InChI=1S/C28H30N4O4/c1-6-36-26(33)18-10-9-11-19(16-18)32-25(17-24(31-32)28(2,3)4)30-27(34)29-22-14-15-23(35-5)21-13-8-7-12-20(21)22/h7-17H,6H2,1-5H3,(H2,29,30,34). The number of methoxy groups -OCH3 is 1. The van der Waals surface area contributed by atoms with Crippen LogP contribution in [-0.2, 0) is 10.2 Å². The first-order valence-corrected chi connectivity index (χ1v) is 11.7. The lowest BCUT2D eigenvalue weighted by Gasteiger charge is -2.14. The van der Waals surface area contributed by atoms with Crippen molar-refractivity contribution in [3.8, 4) is 11.4 Å². The van der Waals surface area contributed by atoms with Gasteiger partial charge in [0.15, 0.2) is 0 Å². The first-order chi connectivity index (χ1) is 17.2. The maximum absolute atomic E-state index is 13.1. The second-order valence-electron chi connectivity index (χ2n) is 9.29. The molecule has 1 aromatic heterocycles. The fourth-order valence-electron chi connectivity index (χ4n) is 3.84. The largest absolute Gasteiger partial charge is 0.496 e. The van der Waals surface area contributed by atoms with Crippen LogP contribution in [0, 0.1) is 0 Å². The predicted molar refractivity (Wildman–Crippen MR) is 141 cm³/mol. The third kappa shape index (κ3) is 5.17. The number of carbonyl (C=O) groups is 2. The predicted octanol–water partition coefficient (Wildman–Crippen LogP) is 6.15. The summed E-state index contributed by atoms with van der Waals surface area (Å²) in [6.45, 7) is 8.18. The summed E-state index contributed by atoms with van der Waals surface area (Å²) in [5.41, 5.74) is 2.20. The summed E-state index contributed by atoms with van der Waals surface area (Å²) in [5, 5.41) is 12.3. The highest BCUT2D eigenvalue weighted by Gasteiger charge is 2.22. The molecule has 0 atom stereocenters. The van der Waals surface area contributed by atoms with E-state index in [1.807, 2.05) is 63.2 Å². The van der Waals surface area contributed by atoms with Crippen molar-refractivity contribution in [1.29, 1.82) is 0 Å². The lowest BCUT2D eigenvalue weighted by Crippen LogP contribution is -2.21. The lowest BCUT2D eigenvalue weighted by atomic mass is 9.92. The number of esters is 1. The number of ether oxygens (including phenoxy) is 2. The van der Waals surface area contributed by atoms with Crippen LogP contribution in [0.15, 0.2) is 66.7 Å². The third-order valence-corrected chi connectivity index (χ3v) is 5.67. The van der Waals surface area contributed by atoms with Gasteiger partial charge in [0, 0.05) is 22.3 Å². The highest BCUT2D eigenvalue weighted by Crippen LogP contribution is 2.32. The molecule has 4 rings (SSSR count). The number of benzene rings is 3. The molecule has 1 heterocycles. The van der Waals surface area contributed by atoms with Crippen LogP contribution in [0.4, 0.5) is 16.3 Å². The van der Waals surface area contributed by atoms with E-state index in [-0.39, 0.29) is 12.0 Å². The molecule has 4 aromatic rings. The summed E-state index contributed by atoms with van der Waals surface area (Å²) in [7, 11) is 1.62. The molecule has 0 aliphatic carbocycles. The molecular weight excluding hydrogens is 456 g/mol. The first-order valence-electron chi connectivity index (χ1n) is 11.7. The Morgan fingerprint density at radius 3 is 2.39 bits per heavy atom. The van der Waals surface area contributed by atoms with Crippen LogP contribution in [0.2, 0.25) is 0 Å². The van der Waals surface area contributed by atoms with E-state index in [0.29, 0.717) is 22.8 Å². The molecule has 8 heteroatoms. The number of anilines is 2. The Labute approximate surface area is 210 Å². The summed E-state index contributed by atoms with van der Waals surface area (Å²) in [4.78, 5) is 25.4. The van der Waals surface area contributed by atoms with Gasteiger partial charge in [0.25, 0.3) is 0 Å². The number of fused-ring (bicyclic) bond motifs is 1. The Morgan fingerprint density at radius 2 is 1.69 bits per heavy atom. The SMILES string of the molecule is CCOC(=O)c1cccc(-n2nc(C(C)(C)C)cc2NC(=O)Nc2ccc(OC)c3ccccc23)c1. The summed E-state index contributed by atoms with van der Waals surface area (Å²) in [6, 6.07) is 19.7. The van der Waals surface area contributed by atoms with Crippen LogP contribution in [0.25, 0.3) is 16.5 Å². The minimum Gasteiger partial charge on any atom is -0.496 e. The molecule has 2 amide bonds. The van der Waals surface area contributed by atoms with Gasteiger partial charge in [0.2, 0.25) is 0 Å². The Kier molecular flexibility index (Phi) is 6.96. The Bertz CT molecular complexity index is 1420. The van der Waals surface area contributed by atoms with E-state index in [2.05, 4.69) is 10.6 Å². The zero-order valence-corrected chi connectivity index (χ0v) is 21.1. The van der Waals surface area contributed by atoms with Gasteiger partial charge in [0.1, 0.15) is 11.6 Å². The summed E-state index contributed by atoms with van der Waals surface area (Å²) >= 11 is 0. The zero-order chi connectivity index (χ0) is 25.9. The molecule has 0 aliphatic rings. The number of nitrogens with one attached hydrogen (secondary N) is 2. The van der Waals surface area contributed by atoms with Crippen molar-refractivity contribution in [3.05, 3.63) is 78.0 Å². The molecule has 0 fully saturated rings. The van der Waals surface area contributed by atoms with E-state index >= 15 is 0 Å². The van der Waals surface area contributed by atoms with Crippen LogP contribution in [0.3, 0.4) is 0 Å². The van der Waals surface area contributed by atoms with Gasteiger partial charge in [-0.05, 0) is 37.3 Å². The molecule has 3 aromatic carbocycles. The first kappa shape index (κ1) is 24.8. The smallest absolute Gasteiger partial charge is 0.338 e. The van der Waals surface area contributed by atoms with Crippen molar-refractivity contribution in [2.24, 2.45) is 0 Å². The normalized spacial score (nSPS) is 11.2. The van der Waals surface area contributed by atoms with Gasteiger partial charge in [-0.1, -0.05) is 51.1 Å². The lowest BCUT2D eigenvalue weighted by molar-refractivity contribution is 0.0526. The van der Waals surface area contributed by atoms with E-state index in [1.54, 1.807) is 43.0 Å². The molecule has 0 saturated heterocycles. The topological polar surface area (TPSA) is 94.5 Å². The van der Waals surface area contributed by atoms with Crippen LogP contribution in [0.5, 0.6) is 5.75 Å². The van der Waals surface area contributed by atoms with Gasteiger partial charge in [-0.2, -0.15) is 5.10 Å². The van der Waals surface area contributed by atoms with Crippen LogP contribution >= 0.6 is 0 Å². The van der Waals surface area contributed by atoms with Crippen molar-refractivity contribution >= 4 is 34.3 Å². The Balaban J connectivity index is 1.67. The summed E-state index contributed by atoms with van der Waals surface area (Å²) < 4.78 is 12.2. The number of carbonyl (C=O) groups excluding carboxylic acids is 2. The zero-order valence-electron chi connectivity index (χ0n) is 21.1. The highest BCUT2D eigenvalue weighted by molar-refractivity contribution is 6.07. The summed E-state index contributed by atoms with van der Waals surface area (Å²) in [6.07, 6.45) is 0. The summed E-state index contributed by atoms with van der Waals surface area (Å²) in [5.74, 6) is 0.781. The number of urea groups is 1. The number of aromatic nitrogens is 2. The second kappa shape index (κ2) is 10.1. The van der Waals surface area contributed by atoms with Gasteiger partial charge in [-0.3, -0.25) is 5.32 Å². The molecule has 0 aliphatic heterocycles. The Hall–Kier alpha value is -4.33. The van der Waals surface area contributed by atoms with Crippen molar-refractivity contribution in [1.82, 2.24) is 9.78 Å². The van der Waals surface area contributed by atoms with Crippen LogP contribution in [-0.4, -0.2) is 35.5 Å². The van der Waals surface area contributed by atoms with E-state index in [4.69, 9.17) is 14.6 Å². The number of hydrogen-bond donors (Lipinski definition) is 2. The number of rotatable bonds is 6. The quantitative estimate of drug-likeness (QED) is 0.319. The van der Waals surface area contributed by atoms with Crippen molar-refractivity contribution < 1.29 is 19.1 Å². The average molecular weight is 487 g/mol. The number of hydrogen-bond acceptors (Lipinski definition) is 5. The van der Waals surface area contributed by atoms with Crippen molar-refractivity contribution in [3.63, 3.8) is 0 Å². The molecule has 186 valence electrons. The fraction of sp³-hybridized carbons (Fsp3) is 0.250. The van der Waals surface area contributed by atoms with Gasteiger partial charge >= 0.3 is 12.0 Å². The molecule has 0 unspecified atom stereocenters. The Morgan fingerprint density at radius 1 is 0.944 bits per heavy atom. The number of nitrogens with zero attached hydrogens (tertiary/aromatic N) is 2.